The molecular formula is C18H23BrN2O3. The van der Waals surface area contributed by atoms with Crippen molar-refractivity contribution in [3.8, 4) is 11.5 Å². The first-order chi connectivity index (χ1) is 11.2. The Morgan fingerprint density at radius 2 is 1.83 bits per heavy atom. The zero-order valence-electron chi connectivity index (χ0n) is 14.0. The van der Waals surface area contributed by atoms with Gasteiger partial charge < -0.3 is 31.8 Å². The highest BCUT2D eigenvalue weighted by atomic mass is 79.9. The Labute approximate surface area is 153 Å². The van der Waals surface area contributed by atoms with Crippen LogP contribution in [-0.2, 0) is 11.3 Å². The number of halogens is 1. The molecule has 0 bridgehead atoms. The predicted octanol–water partition coefficient (Wildman–Crippen LogP) is -0.196. The van der Waals surface area contributed by atoms with Gasteiger partial charge in [0.2, 0.25) is 5.91 Å². The first-order valence-corrected chi connectivity index (χ1v) is 7.69. The van der Waals surface area contributed by atoms with Gasteiger partial charge in [-0.3, -0.25) is 4.79 Å². The Balaban J connectivity index is 0.00000288. The fraction of sp³-hybridized carbons (Fsp3) is 0.333. The summed E-state index contributed by atoms with van der Waals surface area (Å²) in [4.78, 5) is 12.0. The van der Waals surface area contributed by atoms with Crippen molar-refractivity contribution in [2.45, 2.75) is 25.8 Å². The Morgan fingerprint density at radius 3 is 2.50 bits per heavy atom. The van der Waals surface area contributed by atoms with Crippen LogP contribution in [0.1, 0.15) is 19.3 Å². The summed E-state index contributed by atoms with van der Waals surface area (Å²) in [6.45, 7) is 0.917. The SMILES string of the molecule is COc1ccc(NC(=O)CCCC[n+]2ccccc2)c(OC)c1.[Br-]. The average molecular weight is 395 g/mol. The first-order valence-electron chi connectivity index (χ1n) is 7.69. The minimum Gasteiger partial charge on any atom is -1.00 e. The zero-order valence-corrected chi connectivity index (χ0v) is 15.6. The molecule has 1 N–H and O–H groups in total. The van der Waals surface area contributed by atoms with Gasteiger partial charge in [-0.15, -0.1) is 0 Å². The first kappa shape index (κ1) is 20.0. The summed E-state index contributed by atoms with van der Waals surface area (Å²) >= 11 is 0. The molecule has 0 aliphatic heterocycles. The largest absolute Gasteiger partial charge is 1.00 e. The summed E-state index contributed by atoms with van der Waals surface area (Å²) in [7, 11) is 3.17. The van der Waals surface area contributed by atoms with Crippen molar-refractivity contribution in [1.82, 2.24) is 0 Å². The van der Waals surface area contributed by atoms with E-state index >= 15 is 0 Å². The lowest BCUT2D eigenvalue weighted by atomic mass is 10.2. The molecular weight excluding hydrogens is 372 g/mol. The number of rotatable bonds is 8. The van der Waals surface area contributed by atoms with Crippen molar-refractivity contribution in [3.63, 3.8) is 0 Å². The molecule has 0 aliphatic carbocycles. The summed E-state index contributed by atoms with van der Waals surface area (Å²) in [5.41, 5.74) is 0.663. The van der Waals surface area contributed by atoms with Crippen molar-refractivity contribution in [2.75, 3.05) is 19.5 Å². The maximum atomic E-state index is 12.0. The summed E-state index contributed by atoms with van der Waals surface area (Å²) in [6, 6.07) is 11.3. The van der Waals surface area contributed by atoms with Gasteiger partial charge in [-0.25, -0.2) is 4.57 Å². The number of anilines is 1. The molecule has 1 heterocycles. The van der Waals surface area contributed by atoms with Crippen LogP contribution in [0, 0.1) is 0 Å². The highest BCUT2D eigenvalue weighted by molar-refractivity contribution is 5.92. The van der Waals surface area contributed by atoms with Crippen molar-refractivity contribution < 1.29 is 35.8 Å². The molecule has 1 amide bonds. The molecule has 0 radical (unpaired) electrons. The van der Waals surface area contributed by atoms with Crippen molar-refractivity contribution >= 4 is 11.6 Å². The molecule has 2 rings (SSSR count). The second kappa shape index (κ2) is 10.6. The number of hydrogen-bond acceptors (Lipinski definition) is 3. The summed E-state index contributed by atoms with van der Waals surface area (Å²) in [6.07, 6.45) is 6.35. The predicted molar refractivity (Wildman–Crippen MR) is 88.7 cm³/mol. The second-order valence-electron chi connectivity index (χ2n) is 5.18. The molecule has 6 heteroatoms. The van der Waals surface area contributed by atoms with Gasteiger partial charge in [-0.1, -0.05) is 6.07 Å². The number of benzene rings is 1. The van der Waals surface area contributed by atoms with Crippen LogP contribution in [0.5, 0.6) is 11.5 Å². The van der Waals surface area contributed by atoms with Gasteiger partial charge in [0, 0.05) is 31.0 Å². The number of aromatic nitrogens is 1. The van der Waals surface area contributed by atoms with E-state index in [0.29, 0.717) is 23.6 Å². The molecule has 0 fully saturated rings. The van der Waals surface area contributed by atoms with Gasteiger partial charge in [0.05, 0.1) is 19.9 Å². The van der Waals surface area contributed by atoms with E-state index in [-0.39, 0.29) is 22.9 Å². The molecule has 24 heavy (non-hydrogen) atoms. The standard InChI is InChI=1S/C18H22N2O3.BrH/c1-22-15-9-10-16(17(14-15)23-2)19-18(21)8-4-7-13-20-11-5-3-6-12-20;/h3,5-6,9-12,14H,4,7-8,13H2,1-2H3;1H. The Bertz CT molecular complexity index is 635. The lowest BCUT2D eigenvalue weighted by Gasteiger charge is -2.11. The van der Waals surface area contributed by atoms with Gasteiger partial charge in [-0.2, -0.15) is 0 Å². The molecule has 2 aromatic rings. The monoisotopic (exact) mass is 394 g/mol. The van der Waals surface area contributed by atoms with E-state index in [0.717, 1.165) is 19.4 Å². The molecule has 0 aliphatic rings. The van der Waals surface area contributed by atoms with Gasteiger partial charge in [0.25, 0.3) is 0 Å². The van der Waals surface area contributed by atoms with Crippen LogP contribution in [0.25, 0.3) is 0 Å². The third-order valence-electron chi connectivity index (χ3n) is 3.53. The molecule has 0 saturated heterocycles. The number of carbonyl (C=O) groups excluding carboxylic acids is 1. The van der Waals surface area contributed by atoms with E-state index in [1.165, 1.54) is 0 Å². The number of nitrogens with zero attached hydrogens (tertiary/aromatic N) is 1. The lowest BCUT2D eigenvalue weighted by Crippen LogP contribution is -3.00. The third kappa shape index (κ3) is 6.20. The van der Waals surface area contributed by atoms with Crippen LogP contribution in [0.2, 0.25) is 0 Å². The van der Waals surface area contributed by atoms with Crippen LogP contribution >= 0.6 is 0 Å². The van der Waals surface area contributed by atoms with Crippen molar-refractivity contribution in [3.05, 3.63) is 48.8 Å². The minimum absolute atomic E-state index is 0. The Morgan fingerprint density at radius 1 is 1.08 bits per heavy atom. The number of ether oxygens (including phenoxy) is 2. The third-order valence-corrected chi connectivity index (χ3v) is 3.53. The Kier molecular flexibility index (Phi) is 8.86. The second-order valence-corrected chi connectivity index (χ2v) is 5.18. The number of pyridine rings is 1. The average Bonchev–Trinajstić information content (AvgIpc) is 2.60. The fourth-order valence-corrected chi connectivity index (χ4v) is 2.28. The van der Waals surface area contributed by atoms with Crippen LogP contribution < -0.4 is 36.3 Å². The molecule has 5 nitrogen and oxygen atoms in total. The van der Waals surface area contributed by atoms with E-state index < -0.39 is 0 Å². The molecule has 0 atom stereocenters. The van der Waals surface area contributed by atoms with E-state index in [4.69, 9.17) is 9.47 Å². The van der Waals surface area contributed by atoms with Crippen LogP contribution in [-0.4, -0.2) is 20.1 Å². The molecule has 0 spiro atoms. The normalized spacial score (nSPS) is 9.75. The number of methoxy groups -OCH3 is 2. The number of hydrogen-bond donors (Lipinski definition) is 1. The topological polar surface area (TPSA) is 51.4 Å². The van der Waals surface area contributed by atoms with Crippen LogP contribution in [0.4, 0.5) is 5.69 Å². The summed E-state index contributed by atoms with van der Waals surface area (Å²) in [5.74, 6) is 1.28. The van der Waals surface area contributed by atoms with E-state index in [1.807, 2.05) is 30.6 Å². The molecule has 1 aromatic heterocycles. The summed E-state index contributed by atoms with van der Waals surface area (Å²) < 4.78 is 12.5. The van der Waals surface area contributed by atoms with Crippen LogP contribution in [0.3, 0.4) is 0 Å². The quantitative estimate of drug-likeness (QED) is 0.498. The molecule has 1 aromatic carbocycles. The van der Waals surface area contributed by atoms with Gasteiger partial charge in [-0.05, 0) is 18.6 Å². The minimum atomic E-state index is -0.00784. The molecule has 0 saturated carbocycles. The number of unbranched alkanes of at least 4 members (excludes halogenated alkanes) is 1. The van der Waals surface area contributed by atoms with E-state index in [9.17, 15) is 4.79 Å². The van der Waals surface area contributed by atoms with E-state index in [2.05, 4.69) is 9.88 Å². The van der Waals surface area contributed by atoms with Crippen LogP contribution in [0.15, 0.2) is 48.8 Å². The zero-order chi connectivity index (χ0) is 16.5. The lowest BCUT2D eigenvalue weighted by molar-refractivity contribution is -0.697. The fourth-order valence-electron chi connectivity index (χ4n) is 2.28. The number of carbonyl (C=O) groups is 1. The molecule has 0 unspecified atom stereocenters. The number of nitrogens with one attached hydrogen (secondary N) is 1. The smallest absolute Gasteiger partial charge is 0.224 e. The van der Waals surface area contributed by atoms with Gasteiger partial charge >= 0.3 is 0 Å². The number of amides is 1. The number of aryl methyl sites for hydroxylation is 1. The maximum absolute atomic E-state index is 12.0. The Hall–Kier alpha value is -2.08. The highest BCUT2D eigenvalue weighted by Crippen LogP contribution is 2.29. The van der Waals surface area contributed by atoms with Crippen molar-refractivity contribution in [1.29, 1.82) is 0 Å². The maximum Gasteiger partial charge on any atom is 0.224 e. The molecule has 130 valence electrons. The van der Waals surface area contributed by atoms with E-state index in [1.54, 1.807) is 32.4 Å². The summed E-state index contributed by atoms with van der Waals surface area (Å²) in [5, 5.41) is 2.89. The van der Waals surface area contributed by atoms with Crippen molar-refractivity contribution in [2.24, 2.45) is 0 Å². The van der Waals surface area contributed by atoms with Gasteiger partial charge in [0.15, 0.2) is 12.4 Å². The highest BCUT2D eigenvalue weighted by Gasteiger charge is 2.09. The van der Waals surface area contributed by atoms with Gasteiger partial charge in [0.1, 0.15) is 18.0 Å².